The van der Waals surface area contributed by atoms with Crippen molar-refractivity contribution in [2.75, 3.05) is 42.9 Å². The molecule has 3 fully saturated rings. The second-order valence-electron chi connectivity index (χ2n) is 10.3. The molecule has 0 aromatic carbocycles. The largest absolute Gasteiger partial charge is 0.356 e. The van der Waals surface area contributed by atoms with Gasteiger partial charge in [0.1, 0.15) is 5.82 Å². The van der Waals surface area contributed by atoms with E-state index in [1.54, 1.807) is 5.57 Å². The topological polar surface area (TPSA) is 44.3 Å². The van der Waals surface area contributed by atoms with Gasteiger partial charge >= 0.3 is 0 Å². The van der Waals surface area contributed by atoms with Gasteiger partial charge in [0.15, 0.2) is 0 Å². The first-order valence-electron chi connectivity index (χ1n) is 11.9. The fourth-order valence-corrected chi connectivity index (χ4v) is 6.09. The van der Waals surface area contributed by atoms with Gasteiger partial charge in [-0.1, -0.05) is 38.3 Å². The van der Waals surface area contributed by atoms with E-state index in [-0.39, 0.29) is 0 Å². The van der Waals surface area contributed by atoms with E-state index in [1.807, 2.05) is 6.20 Å². The normalized spacial score (nSPS) is 31.7. The third-order valence-corrected chi connectivity index (χ3v) is 8.17. The molecule has 3 aliphatic carbocycles. The Balaban J connectivity index is 1.16. The van der Waals surface area contributed by atoms with E-state index < -0.39 is 0 Å². The minimum atomic E-state index is 0.459. The molecule has 158 valence electrons. The maximum absolute atomic E-state index is 4.85. The zero-order chi connectivity index (χ0) is 19.8. The van der Waals surface area contributed by atoms with Crippen molar-refractivity contribution in [1.82, 2.24) is 14.9 Å². The summed E-state index contributed by atoms with van der Waals surface area (Å²) in [6.07, 6.45) is 13.6. The van der Waals surface area contributed by atoms with Crippen LogP contribution < -0.4 is 10.2 Å². The molecule has 2 aliphatic heterocycles. The summed E-state index contributed by atoms with van der Waals surface area (Å²) in [5.74, 6) is 3.64. The Hall–Kier alpha value is -1.62. The van der Waals surface area contributed by atoms with E-state index in [2.05, 4.69) is 46.1 Å². The molecule has 2 saturated heterocycles. The van der Waals surface area contributed by atoms with Crippen LogP contribution in [0.3, 0.4) is 0 Å². The number of hydrogen-bond acceptors (Lipinski definition) is 5. The lowest BCUT2D eigenvalue weighted by Gasteiger charge is -2.57. The van der Waals surface area contributed by atoms with Gasteiger partial charge in [0.05, 0.1) is 0 Å². The average Bonchev–Trinajstić information content (AvgIpc) is 2.98. The molecule has 3 atom stereocenters. The lowest BCUT2D eigenvalue weighted by atomic mass is 9.49. The molecular weight excluding hydrogens is 358 g/mol. The second kappa shape index (κ2) is 7.90. The number of likely N-dealkylation sites (tertiary alicyclic amines) is 1. The molecular formula is C24H37N5. The van der Waals surface area contributed by atoms with Crippen LogP contribution in [-0.4, -0.2) is 53.6 Å². The van der Waals surface area contributed by atoms with Crippen LogP contribution >= 0.6 is 0 Å². The highest BCUT2D eigenvalue weighted by Crippen LogP contribution is 2.59. The van der Waals surface area contributed by atoms with Crippen molar-refractivity contribution < 1.29 is 0 Å². The number of fused-ring (bicyclic) bond motifs is 1. The highest BCUT2D eigenvalue weighted by molar-refractivity contribution is 5.43. The van der Waals surface area contributed by atoms with Crippen molar-refractivity contribution >= 4 is 11.8 Å². The van der Waals surface area contributed by atoms with Crippen LogP contribution in [0.15, 0.2) is 23.9 Å². The Morgan fingerprint density at radius 2 is 1.97 bits per heavy atom. The molecule has 5 heteroatoms. The van der Waals surface area contributed by atoms with Crippen LogP contribution in [0.1, 0.15) is 58.8 Å². The molecule has 5 aliphatic rings. The number of nitrogens with zero attached hydrogens (tertiary/aromatic N) is 4. The van der Waals surface area contributed by atoms with Gasteiger partial charge in [-0.3, -0.25) is 4.90 Å². The van der Waals surface area contributed by atoms with Gasteiger partial charge in [0.2, 0.25) is 5.95 Å². The van der Waals surface area contributed by atoms with Crippen LogP contribution in [0.25, 0.3) is 0 Å². The molecule has 3 unspecified atom stereocenters. The van der Waals surface area contributed by atoms with E-state index in [9.17, 15) is 0 Å². The minimum Gasteiger partial charge on any atom is -0.356 e. The predicted molar refractivity (Wildman–Crippen MR) is 119 cm³/mol. The first-order valence-corrected chi connectivity index (χ1v) is 11.9. The maximum Gasteiger partial charge on any atom is 0.224 e. The van der Waals surface area contributed by atoms with Crippen molar-refractivity contribution in [2.24, 2.45) is 17.3 Å². The lowest BCUT2D eigenvalue weighted by molar-refractivity contribution is -0.0100. The highest BCUT2D eigenvalue weighted by Gasteiger charge is 2.51. The average molecular weight is 396 g/mol. The van der Waals surface area contributed by atoms with Gasteiger partial charge in [0, 0.05) is 45.0 Å². The van der Waals surface area contributed by atoms with Crippen LogP contribution in [0.4, 0.5) is 11.8 Å². The molecule has 0 amide bonds. The van der Waals surface area contributed by atoms with Gasteiger partial charge in [-0.15, -0.1) is 0 Å². The Kier molecular flexibility index (Phi) is 5.27. The summed E-state index contributed by atoms with van der Waals surface area (Å²) in [7, 11) is 0. The molecule has 29 heavy (non-hydrogen) atoms. The third kappa shape index (κ3) is 3.90. The minimum absolute atomic E-state index is 0.459. The fraction of sp³-hybridized carbons (Fsp3) is 0.750. The van der Waals surface area contributed by atoms with E-state index in [1.165, 1.54) is 51.5 Å². The lowest BCUT2D eigenvalue weighted by Crippen LogP contribution is -2.49. The molecule has 1 N–H and O–H groups in total. The zero-order valence-electron chi connectivity index (χ0n) is 18.2. The summed E-state index contributed by atoms with van der Waals surface area (Å²) in [5, 5.41) is 3.63. The fourth-order valence-electron chi connectivity index (χ4n) is 6.09. The summed E-state index contributed by atoms with van der Waals surface area (Å²) in [6.45, 7) is 10.6. The number of hydrogen-bond donors (Lipinski definition) is 1. The van der Waals surface area contributed by atoms with E-state index in [0.29, 0.717) is 11.5 Å². The van der Waals surface area contributed by atoms with E-state index in [0.717, 1.165) is 49.8 Å². The van der Waals surface area contributed by atoms with Gasteiger partial charge < -0.3 is 10.2 Å². The van der Waals surface area contributed by atoms with Crippen molar-refractivity contribution in [1.29, 1.82) is 0 Å². The molecule has 5 nitrogen and oxygen atoms in total. The first kappa shape index (κ1) is 19.3. The Labute approximate surface area is 176 Å². The van der Waals surface area contributed by atoms with Gasteiger partial charge in [0.25, 0.3) is 0 Å². The summed E-state index contributed by atoms with van der Waals surface area (Å²) >= 11 is 0. The Morgan fingerprint density at radius 1 is 1.14 bits per heavy atom. The van der Waals surface area contributed by atoms with Crippen molar-refractivity contribution in [3.63, 3.8) is 0 Å². The Morgan fingerprint density at radius 3 is 2.72 bits per heavy atom. The summed E-state index contributed by atoms with van der Waals surface area (Å²) in [6, 6.07) is 2.53. The maximum atomic E-state index is 4.85. The number of allylic oxidation sites excluding steroid dienone is 1. The first-order chi connectivity index (χ1) is 14.1. The standard InChI is InChI=1S/C24H37N5/c1-24(2)19-8-7-18(21(24)15-19)16-28-14-10-20(17-28)26-23-25-11-9-22(27-23)29-12-5-3-4-6-13-29/h7,9,11,19-21H,3-6,8,10,12-17H2,1-2H3,(H,25,26,27). The number of aromatic nitrogens is 2. The van der Waals surface area contributed by atoms with Crippen molar-refractivity contribution in [3.8, 4) is 0 Å². The van der Waals surface area contributed by atoms with E-state index in [4.69, 9.17) is 4.98 Å². The summed E-state index contributed by atoms with van der Waals surface area (Å²) < 4.78 is 0. The molecule has 3 heterocycles. The highest BCUT2D eigenvalue weighted by atomic mass is 15.3. The van der Waals surface area contributed by atoms with Gasteiger partial charge in [-0.25, -0.2) is 4.98 Å². The Bertz CT molecular complexity index is 749. The smallest absolute Gasteiger partial charge is 0.224 e. The zero-order valence-corrected chi connectivity index (χ0v) is 18.2. The molecule has 6 rings (SSSR count). The molecule has 1 aromatic heterocycles. The quantitative estimate of drug-likeness (QED) is 0.752. The van der Waals surface area contributed by atoms with Crippen LogP contribution in [-0.2, 0) is 0 Å². The SMILES string of the molecule is CC1(C)C2CC=C(CN3CCC(Nc4nccc(N5CCCCCC5)n4)C3)C1C2. The van der Waals surface area contributed by atoms with Crippen molar-refractivity contribution in [2.45, 2.75) is 64.8 Å². The van der Waals surface area contributed by atoms with Crippen molar-refractivity contribution in [3.05, 3.63) is 23.9 Å². The second-order valence-corrected chi connectivity index (χ2v) is 10.3. The summed E-state index contributed by atoms with van der Waals surface area (Å²) in [5.41, 5.74) is 2.24. The molecule has 1 saturated carbocycles. The number of anilines is 2. The molecule has 0 radical (unpaired) electrons. The molecule has 1 aromatic rings. The monoisotopic (exact) mass is 395 g/mol. The van der Waals surface area contributed by atoms with Crippen LogP contribution in [0.2, 0.25) is 0 Å². The molecule has 2 bridgehead atoms. The number of nitrogens with one attached hydrogen (secondary N) is 1. The van der Waals surface area contributed by atoms with Crippen LogP contribution in [0, 0.1) is 17.3 Å². The number of rotatable bonds is 5. The molecule has 0 spiro atoms. The predicted octanol–water partition coefficient (Wildman–Crippen LogP) is 4.34. The van der Waals surface area contributed by atoms with Crippen LogP contribution in [0.5, 0.6) is 0 Å². The summed E-state index contributed by atoms with van der Waals surface area (Å²) in [4.78, 5) is 14.4. The third-order valence-electron chi connectivity index (χ3n) is 8.17. The van der Waals surface area contributed by atoms with E-state index >= 15 is 0 Å². The van der Waals surface area contributed by atoms with Gasteiger partial charge in [-0.05, 0) is 55.4 Å². The van der Waals surface area contributed by atoms with Gasteiger partial charge in [-0.2, -0.15) is 4.98 Å².